The molecule has 0 fully saturated rings. The summed E-state index contributed by atoms with van der Waals surface area (Å²) in [5.74, 6) is -1.11. The van der Waals surface area contributed by atoms with Crippen molar-refractivity contribution in [3.05, 3.63) is 23.3 Å². The number of rotatable bonds is 3. The molecule has 0 aromatic heterocycles. The van der Waals surface area contributed by atoms with Crippen LogP contribution in [0, 0.1) is 11.3 Å². The molecule has 0 atom stereocenters. The number of alkyl halides is 2. The number of nitriles is 1. The minimum Gasteiger partial charge on any atom is -0.465 e. The van der Waals surface area contributed by atoms with Gasteiger partial charge in [-0.3, -0.25) is 0 Å². The Morgan fingerprint density at radius 2 is 2.18 bits per heavy atom. The summed E-state index contributed by atoms with van der Waals surface area (Å²) in [6.45, 7) is -3.04. The van der Waals surface area contributed by atoms with Gasteiger partial charge in [-0.15, -0.1) is 0 Å². The Kier molecular flexibility index (Phi) is 3.82. The van der Waals surface area contributed by atoms with Crippen LogP contribution < -0.4 is 10.5 Å². The van der Waals surface area contributed by atoms with E-state index < -0.39 is 12.6 Å². The Bertz CT molecular complexity index is 483. The number of nitrogens with zero attached hydrogens (tertiary/aromatic N) is 1. The first kappa shape index (κ1) is 12.7. The number of benzene rings is 1. The first-order valence-corrected chi connectivity index (χ1v) is 4.36. The van der Waals surface area contributed by atoms with Crippen molar-refractivity contribution in [2.45, 2.75) is 6.61 Å². The summed E-state index contributed by atoms with van der Waals surface area (Å²) in [7, 11) is 1.12. The number of anilines is 1. The van der Waals surface area contributed by atoms with Crippen molar-refractivity contribution in [2.75, 3.05) is 12.8 Å². The van der Waals surface area contributed by atoms with Crippen LogP contribution in [0.25, 0.3) is 0 Å². The molecule has 0 unspecified atom stereocenters. The van der Waals surface area contributed by atoms with Gasteiger partial charge in [0.1, 0.15) is 17.4 Å². The number of carbonyl (C=O) groups excluding carboxylic acids is 1. The van der Waals surface area contributed by atoms with E-state index in [2.05, 4.69) is 9.47 Å². The highest BCUT2D eigenvalue weighted by Crippen LogP contribution is 2.26. The molecule has 0 spiro atoms. The van der Waals surface area contributed by atoms with Gasteiger partial charge in [-0.2, -0.15) is 14.0 Å². The highest BCUT2D eigenvalue weighted by atomic mass is 19.3. The lowest BCUT2D eigenvalue weighted by atomic mass is 10.1. The quantitative estimate of drug-likeness (QED) is 0.641. The average molecular weight is 242 g/mol. The fraction of sp³-hybridized carbons (Fsp3) is 0.200. The Hall–Kier alpha value is -2.36. The van der Waals surface area contributed by atoms with Crippen LogP contribution in [-0.2, 0) is 4.74 Å². The smallest absolute Gasteiger partial charge is 0.387 e. The molecule has 1 aromatic rings. The molecule has 2 N–H and O–H groups in total. The van der Waals surface area contributed by atoms with E-state index in [0.717, 1.165) is 19.2 Å². The van der Waals surface area contributed by atoms with Gasteiger partial charge in [-0.05, 0) is 6.07 Å². The molecule has 90 valence electrons. The Labute approximate surface area is 95.3 Å². The van der Waals surface area contributed by atoms with Crippen molar-refractivity contribution in [3.63, 3.8) is 0 Å². The fourth-order valence-electron chi connectivity index (χ4n) is 1.23. The third kappa shape index (κ3) is 2.81. The van der Waals surface area contributed by atoms with Crippen molar-refractivity contribution < 1.29 is 23.0 Å². The summed E-state index contributed by atoms with van der Waals surface area (Å²) < 4.78 is 32.5. The van der Waals surface area contributed by atoms with Crippen LogP contribution in [-0.4, -0.2) is 19.7 Å². The maximum Gasteiger partial charge on any atom is 0.387 e. The van der Waals surface area contributed by atoms with Gasteiger partial charge in [0.2, 0.25) is 0 Å². The Balaban J connectivity index is 3.27. The summed E-state index contributed by atoms with van der Waals surface area (Å²) >= 11 is 0. The summed E-state index contributed by atoms with van der Waals surface area (Å²) in [5, 5.41) is 8.79. The monoisotopic (exact) mass is 242 g/mol. The van der Waals surface area contributed by atoms with E-state index in [9.17, 15) is 13.6 Å². The number of esters is 1. The van der Waals surface area contributed by atoms with E-state index in [-0.39, 0.29) is 22.6 Å². The van der Waals surface area contributed by atoms with Crippen LogP contribution in [0.5, 0.6) is 5.75 Å². The van der Waals surface area contributed by atoms with Crippen LogP contribution in [0.1, 0.15) is 15.9 Å². The summed E-state index contributed by atoms with van der Waals surface area (Å²) in [6.07, 6.45) is 0. The molecular formula is C10H8F2N2O3. The molecule has 0 aliphatic rings. The number of carbonyl (C=O) groups is 1. The van der Waals surface area contributed by atoms with Crippen molar-refractivity contribution in [1.29, 1.82) is 5.26 Å². The topological polar surface area (TPSA) is 85.3 Å². The molecule has 0 bridgehead atoms. The van der Waals surface area contributed by atoms with E-state index in [4.69, 9.17) is 11.0 Å². The zero-order valence-electron chi connectivity index (χ0n) is 8.74. The standard InChI is InChI=1S/C10H8F2N2O3/c1-16-9(15)8-5(4-13)2-6(3-7(8)14)17-10(11)12/h2-3,10H,14H2,1H3. The SMILES string of the molecule is COC(=O)c1c(N)cc(OC(F)F)cc1C#N. The maximum absolute atomic E-state index is 12.0. The second kappa shape index (κ2) is 5.12. The number of nitrogens with two attached hydrogens (primary N) is 1. The third-order valence-corrected chi connectivity index (χ3v) is 1.88. The normalized spacial score (nSPS) is 9.82. The molecule has 1 rings (SSSR count). The molecule has 0 saturated heterocycles. The predicted molar refractivity (Wildman–Crippen MR) is 53.5 cm³/mol. The largest absolute Gasteiger partial charge is 0.465 e. The van der Waals surface area contributed by atoms with Crippen molar-refractivity contribution in [3.8, 4) is 11.8 Å². The van der Waals surface area contributed by atoms with Gasteiger partial charge >= 0.3 is 12.6 Å². The molecule has 17 heavy (non-hydrogen) atoms. The molecule has 7 heteroatoms. The van der Waals surface area contributed by atoms with Crippen molar-refractivity contribution in [2.24, 2.45) is 0 Å². The minimum absolute atomic E-state index is 0.161. The lowest BCUT2D eigenvalue weighted by Gasteiger charge is -2.09. The van der Waals surface area contributed by atoms with Gasteiger partial charge in [-0.1, -0.05) is 0 Å². The zero-order chi connectivity index (χ0) is 13.0. The number of hydrogen-bond acceptors (Lipinski definition) is 5. The molecule has 0 aliphatic carbocycles. The van der Waals surface area contributed by atoms with Crippen molar-refractivity contribution >= 4 is 11.7 Å². The van der Waals surface area contributed by atoms with E-state index in [1.54, 1.807) is 6.07 Å². The molecule has 0 radical (unpaired) electrons. The Morgan fingerprint density at radius 3 is 2.65 bits per heavy atom. The molecule has 0 heterocycles. The lowest BCUT2D eigenvalue weighted by molar-refractivity contribution is -0.0498. The highest BCUT2D eigenvalue weighted by molar-refractivity contribution is 5.98. The van der Waals surface area contributed by atoms with Gasteiger partial charge in [0, 0.05) is 6.07 Å². The first-order chi connectivity index (χ1) is 7.99. The first-order valence-electron chi connectivity index (χ1n) is 4.36. The molecular weight excluding hydrogens is 234 g/mol. The second-order valence-corrected chi connectivity index (χ2v) is 2.92. The summed E-state index contributed by atoms with van der Waals surface area (Å²) in [4.78, 5) is 11.3. The maximum atomic E-state index is 12.0. The molecule has 0 aliphatic heterocycles. The van der Waals surface area contributed by atoms with Crippen LogP contribution in [0.15, 0.2) is 12.1 Å². The average Bonchev–Trinajstić information content (AvgIpc) is 2.26. The van der Waals surface area contributed by atoms with E-state index in [1.165, 1.54) is 0 Å². The summed E-state index contributed by atoms with van der Waals surface area (Å²) in [5.41, 5.74) is 4.96. The van der Waals surface area contributed by atoms with Crippen LogP contribution in [0.3, 0.4) is 0 Å². The van der Waals surface area contributed by atoms with Gasteiger partial charge in [0.25, 0.3) is 0 Å². The zero-order valence-corrected chi connectivity index (χ0v) is 8.74. The Morgan fingerprint density at radius 1 is 1.53 bits per heavy atom. The number of methoxy groups -OCH3 is 1. The van der Waals surface area contributed by atoms with Gasteiger partial charge in [0.15, 0.2) is 0 Å². The predicted octanol–water partition coefficient (Wildman–Crippen LogP) is 1.53. The van der Waals surface area contributed by atoms with E-state index in [1.807, 2.05) is 0 Å². The van der Waals surface area contributed by atoms with Crippen LogP contribution in [0.4, 0.5) is 14.5 Å². The molecule has 0 amide bonds. The van der Waals surface area contributed by atoms with E-state index >= 15 is 0 Å². The van der Waals surface area contributed by atoms with E-state index in [0.29, 0.717) is 0 Å². The highest BCUT2D eigenvalue weighted by Gasteiger charge is 2.18. The van der Waals surface area contributed by atoms with Gasteiger partial charge in [0.05, 0.1) is 18.4 Å². The second-order valence-electron chi connectivity index (χ2n) is 2.92. The molecule has 0 saturated carbocycles. The lowest BCUT2D eigenvalue weighted by Crippen LogP contribution is -2.10. The summed E-state index contributed by atoms with van der Waals surface area (Å²) in [6, 6.07) is 3.68. The van der Waals surface area contributed by atoms with Gasteiger partial charge in [-0.25, -0.2) is 4.79 Å². The third-order valence-electron chi connectivity index (χ3n) is 1.88. The number of ether oxygens (including phenoxy) is 2. The van der Waals surface area contributed by atoms with Crippen molar-refractivity contribution in [1.82, 2.24) is 0 Å². The van der Waals surface area contributed by atoms with Crippen LogP contribution in [0.2, 0.25) is 0 Å². The van der Waals surface area contributed by atoms with Crippen LogP contribution >= 0.6 is 0 Å². The van der Waals surface area contributed by atoms with Gasteiger partial charge < -0.3 is 15.2 Å². The number of hydrogen-bond donors (Lipinski definition) is 1. The number of nitrogen functional groups attached to an aromatic ring is 1. The fourth-order valence-corrected chi connectivity index (χ4v) is 1.23. The molecule has 5 nitrogen and oxygen atoms in total. The minimum atomic E-state index is -3.04. The number of halogens is 2. The molecule has 1 aromatic carbocycles.